The number of rotatable bonds is 38. The number of unbranched alkanes of at least 4 members (excludes halogenated alkanes) is 20. The molecule has 6 heteroatoms. The summed E-state index contributed by atoms with van der Waals surface area (Å²) in [4.78, 5) is 37.6. The summed E-state index contributed by atoms with van der Waals surface area (Å²) in [7, 11) is 0. The molecule has 0 aliphatic carbocycles. The minimum atomic E-state index is -0.784. The molecule has 53 heavy (non-hydrogen) atoms. The molecule has 0 aliphatic heterocycles. The van der Waals surface area contributed by atoms with Crippen molar-refractivity contribution in [2.75, 3.05) is 13.2 Å². The maximum Gasteiger partial charge on any atom is 0.306 e. The molecular formula is C47H80O6. The molecular weight excluding hydrogens is 661 g/mol. The first kappa shape index (κ1) is 50.1. The van der Waals surface area contributed by atoms with E-state index in [2.05, 4.69) is 57.2 Å². The minimum absolute atomic E-state index is 0.0861. The minimum Gasteiger partial charge on any atom is -0.462 e. The van der Waals surface area contributed by atoms with Crippen molar-refractivity contribution in [2.45, 2.75) is 207 Å². The molecule has 0 amide bonds. The first-order valence-corrected chi connectivity index (χ1v) is 21.8. The Balaban J connectivity index is 4.41. The Morgan fingerprint density at radius 2 is 0.774 bits per heavy atom. The van der Waals surface area contributed by atoms with Gasteiger partial charge in [0.1, 0.15) is 13.2 Å². The van der Waals surface area contributed by atoms with Gasteiger partial charge in [-0.05, 0) is 57.8 Å². The van der Waals surface area contributed by atoms with Gasteiger partial charge in [0.2, 0.25) is 0 Å². The van der Waals surface area contributed by atoms with Crippen LogP contribution in [-0.2, 0) is 28.6 Å². The van der Waals surface area contributed by atoms with E-state index in [1.807, 2.05) is 24.3 Å². The highest BCUT2D eigenvalue weighted by Crippen LogP contribution is 2.13. The van der Waals surface area contributed by atoms with Crippen LogP contribution < -0.4 is 0 Å². The Labute approximate surface area is 326 Å². The van der Waals surface area contributed by atoms with Crippen LogP contribution in [0.3, 0.4) is 0 Å². The van der Waals surface area contributed by atoms with E-state index in [-0.39, 0.29) is 31.1 Å². The van der Waals surface area contributed by atoms with Gasteiger partial charge in [0.05, 0.1) is 0 Å². The van der Waals surface area contributed by atoms with E-state index in [0.29, 0.717) is 19.3 Å². The number of hydrogen-bond acceptors (Lipinski definition) is 6. The summed E-state index contributed by atoms with van der Waals surface area (Å²) in [6, 6.07) is 0. The second kappa shape index (κ2) is 41.9. The SMILES string of the molecule is CC\C=C/C=C\C=C/C=C\CCCCCCCC(=O)OCC(COC(=O)CCCCCCCCCCCC)OC(=O)CCCCCC/C=C\CCCC. The smallest absolute Gasteiger partial charge is 0.306 e. The Morgan fingerprint density at radius 3 is 1.26 bits per heavy atom. The van der Waals surface area contributed by atoms with E-state index in [9.17, 15) is 14.4 Å². The summed E-state index contributed by atoms with van der Waals surface area (Å²) in [5.41, 5.74) is 0. The predicted molar refractivity (Wildman–Crippen MR) is 224 cm³/mol. The average Bonchev–Trinajstić information content (AvgIpc) is 3.15. The van der Waals surface area contributed by atoms with Gasteiger partial charge in [-0.25, -0.2) is 0 Å². The van der Waals surface area contributed by atoms with Crippen LogP contribution in [0.2, 0.25) is 0 Å². The molecule has 0 heterocycles. The summed E-state index contributed by atoms with van der Waals surface area (Å²) in [6.07, 6.45) is 49.1. The van der Waals surface area contributed by atoms with Gasteiger partial charge in [-0.2, -0.15) is 0 Å². The quantitative estimate of drug-likeness (QED) is 0.0206. The van der Waals surface area contributed by atoms with Crippen LogP contribution in [0.25, 0.3) is 0 Å². The highest BCUT2D eigenvalue weighted by molar-refractivity contribution is 5.71. The van der Waals surface area contributed by atoms with Crippen LogP contribution in [0.4, 0.5) is 0 Å². The molecule has 0 aromatic carbocycles. The van der Waals surface area contributed by atoms with Crippen molar-refractivity contribution in [1.29, 1.82) is 0 Å². The molecule has 0 spiro atoms. The topological polar surface area (TPSA) is 78.9 Å². The largest absolute Gasteiger partial charge is 0.462 e. The van der Waals surface area contributed by atoms with Gasteiger partial charge in [-0.15, -0.1) is 0 Å². The lowest BCUT2D eigenvalue weighted by atomic mass is 10.1. The van der Waals surface area contributed by atoms with Gasteiger partial charge in [0.25, 0.3) is 0 Å². The number of carbonyl (C=O) groups is 3. The molecule has 1 unspecified atom stereocenters. The molecule has 0 aromatic rings. The maximum absolute atomic E-state index is 12.7. The van der Waals surface area contributed by atoms with Crippen molar-refractivity contribution in [3.8, 4) is 0 Å². The van der Waals surface area contributed by atoms with Crippen LogP contribution >= 0.6 is 0 Å². The summed E-state index contributed by atoms with van der Waals surface area (Å²) in [5.74, 6) is -0.931. The van der Waals surface area contributed by atoms with Crippen molar-refractivity contribution in [3.05, 3.63) is 60.8 Å². The number of esters is 3. The molecule has 304 valence electrons. The summed E-state index contributed by atoms with van der Waals surface area (Å²) < 4.78 is 16.6. The zero-order chi connectivity index (χ0) is 38.7. The lowest BCUT2D eigenvalue weighted by Gasteiger charge is -2.18. The van der Waals surface area contributed by atoms with Crippen molar-refractivity contribution in [3.63, 3.8) is 0 Å². The Kier molecular flexibility index (Phi) is 39.6. The van der Waals surface area contributed by atoms with E-state index in [0.717, 1.165) is 103 Å². The summed E-state index contributed by atoms with van der Waals surface area (Å²) in [6.45, 7) is 6.39. The van der Waals surface area contributed by atoms with Crippen molar-refractivity contribution in [1.82, 2.24) is 0 Å². The normalized spacial score (nSPS) is 12.6. The molecule has 0 aliphatic rings. The van der Waals surface area contributed by atoms with Crippen LogP contribution in [-0.4, -0.2) is 37.2 Å². The fraction of sp³-hybridized carbons (Fsp3) is 0.723. The average molecular weight is 741 g/mol. The van der Waals surface area contributed by atoms with Gasteiger partial charge < -0.3 is 14.2 Å². The molecule has 0 radical (unpaired) electrons. The van der Waals surface area contributed by atoms with Crippen LogP contribution in [0, 0.1) is 0 Å². The van der Waals surface area contributed by atoms with Crippen LogP contribution in [0.1, 0.15) is 201 Å². The maximum atomic E-state index is 12.7. The molecule has 6 nitrogen and oxygen atoms in total. The van der Waals surface area contributed by atoms with E-state index in [4.69, 9.17) is 14.2 Å². The summed E-state index contributed by atoms with van der Waals surface area (Å²) in [5, 5.41) is 0. The second-order valence-corrected chi connectivity index (χ2v) is 14.3. The first-order valence-electron chi connectivity index (χ1n) is 21.8. The molecule has 0 saturated heterocycles. The Bertz CT molecular complexity index is 991. The van der Waals surface area contributed by atoms with Gasteiger partial charge in [0, 0.05) is 19.3 Å². The summed E-state index contributed by atoms with van der Waals surface area (Å²) >= 11 is 0. The van der Waals surface area contributed by atoms with E-state index >= 15 is 0 Å². The zero-order valence-electron chi connectivity index (χ0n) is 34.5. The zero-order valence-corrected chi connectivity index (χ0v) is 34.5. The highest BCUT2D eigenvalue weighted by Gasteiger charge is 2.19. The number of hydrogen-bond donors (Lipinski definition) is 0. The predicted octanol–water partition coefficient (Wildman–Crippen LogP) is 13.7. The van der Waals surface area contributed by atoms with Crippen molar-refractivity contribution >= 4 is 17.9 Å². The molecule has 0 saturated carbocycles. The third kappa shape index (κ3) is 40.1. The lowest BCUT2D eigenvalue weighted by molar-refractivity contribution is -0.167. The van der Waals surface area contributed by atoms with E-state index in [1.54, 1.807) is 0 Å². The van der Waals surface area contributed by atoms with Gasteiger partial charge >= 0.3 is 17.9 Å². The fourth-order valence-corrected chi connectivity index (χ4v) is 5.78. The second-order valence-electron chi connectivity index (χ2n) is 14.3. The van der Waals surface area contributed by atoms with Gasteiger partial charge in [0.15, 0.2) is 6.10 Å². The first-order chi connectivity index (χ1) is 26.0. The number of carbonyl (C=O) groups excluding carboxylic acids is 3. The van der Waals surface area contributed by atoms with E-state index < -0.39 is 6.10 Å². The molecule has 0 N–H and O–H groups in total. The van der Waals surface area contributed by atoms with Gasteiger partial charge in [-0.3, -0.25) is 14.4 Å². The van der Waals surface area contributed by atoms with Crippen LogP contribution in [0.15, 0.2) is 60.8 Å². The molecule has 1 atom stereocenters. The lowest BCUT2D eigenvalue weighted by Crippen LogP contribution is -2.30. The Morgan fingerprint density at radius 1 is 0.396 bits per heavy atom. The monoisotopic (exact) mass is 741 g/mol. The highest BCUT2D eigenvalue weighted by atomic mass is 16.6. The standard InChI is InChI=1S/C47H80O6/c1-4-7-10-13-16-19-22-23-24-25-26-29-31-34-37-40-46(49)52-43-44(53-47(50)41-38-35-32-28-21-18-15-12-9-6-3)42-51-45(48)39-36-33-30-27-20-17-14-11-8-5-2/h7,10,13,15-16,18-19,22-24,44H,4-6,8-9,11-12,14,17,20-21,25-43H2,1-3H3/b10-7-,16-13-,18-15-,22-19-,24-23-. The number of ether oxygens (including phenoxy) is 3. The van der Waals surface area contributed by atoms with Gasteiger partial charge in [-0.1, -0.05) is 184 Å². The number of allylic oxidation sites excluding steroid dienone is 10. The molecule has 0 aromatic heterocycles. The molecule has 0 fully saturated rings. The molecule has 0 rings (SSSR count). The third-order valence-corrected chi connectivity index (χ3v) is 9.10. The third-order valence-electron chi connectivity index (χ3n) is 9.10. The van der Waals surface area contributed by atoms with E-state index in [1.165, 1.54) is 57.8 Å². The van der Waals surface area contributed by atoms with Crippen LogP contribution in [0.5, 0.6) is 0 Å². The van der Waals surface area contributed by atoms with Crippen molar-refractivity contribution in [2.24, 2.45) is 0 Å². The fourth-order valence-electron chi connectivity index (χ4n) is 5.78. The molecule has 0 bridgehead atoms. The Hall–Kier alpha value is -2.89. The van der Waals surface area contributed by atoms with Crippen molar-refractivity contribution < 1.29 is 28.6 Å².